The summed E-state index contributed by atoms with van der Waals surface area (Å²) in [6.07, 6.45) is 2.09. The fraction of sp³-hybridized carbons (Fsp3) is 0.154. The third-order valence-corrected chi connectivity index (χ3v) is 2.19. The van der Waals surface area contributed by atoms with Crippen molar-refractivity contribution < 1.29 is 0 Å². The average molecular weight is 183 g/mol. The molecule has 1 heteroatoms. The molecule has 0 radical (unpaired) electrons. The lowest BCUT2D eigenvalue weighted by molar-refractivity contribution is 1.40. The topological polar surface area (TPSA) is 12.4 Å². The van der Waals surface area contributed by atoms with Gasteiger partial charge in [-0.25, -0.2) is 4.99 Å². The van der Waals surface area contributed by atoms with Gasteiger partial charge in [-0.1, -0.05) is 36.4 Å². The fourth-order valence-corrected chi connectivity index (χ4v) is 1.61. The highest BCUT2D eigenvalue weighted by atomic mass is 14.8. The van der Waals surface area contributed by atoms with Crippen LogP contribution < -0.4 is 0 Å². The number of nitrogens with zero attached hydrogens (tertiary/aromatic N) is 1. The summed E-state index contributed by atoms with van der Waals surface area (Å²) in [7, 11) is 0. The minimum atomic E-state index is 0.869. The highest BCUT2D eigenvalue weighted by Gasteiger charge is 2.15. The van der Waals surface area contributed by atoms with Crippen molar-refractivity contribution in [3.8, 4) is 0 Å². The zero-order valence-corrected chi connectivity index (χ0v) is 8.54. The van der Waals surface area contributed by atoms with Gasteiger partial charge in [0, 0.05) is 11.1 Å². The zero-order chi connectivity index (χ0) is 10.1. The van der Waals surface area contributed by atoms with E-state index in [1.807, 2.05) is 12.1 Å². The molecule has 0 spiro atoms. The average Bonchev–Trinajstić information content (AvgIpc) is 2.44. The molecule has 1 nitrogen and oxygen atoms in total. The first kappa shape index (κ1) is 8.95. The second-order valence-electron chi connectivity index (χ2n) is 3.71. The number of benzene rings is 1. The predicted octanol–water partition coefficient (Wildman–Crippen LogP) is 3.43. The SMILES string of the molecule is C=C1N=C(C=C(C)C)c2ccccc21. The van der Waals surface area contributed by atoms with E-state index >= 15 is 0 Å². The molecule has 1 aliphatic rings. The Morgan fingerprint density at radius 1 is 1.21 bits per heavy atom. The molecule has 0 unspecified atom stereocenters. The molecule has 1 heterocycles. The Bertz CT molecular complexity index is 446. The van der Waals surface area contributed by atoms with Crippen LogP contribution in [-0.2, 0) is 0 Å². The molecule has 2 rings (SSSR count). The van der Waals surface area contributed by atoms with Gasteiger partial charge in [0.1, 0.15) is 0 Å². The Hall–Kier alpha value is -1.63. The van der Waals surface area contributed by atoms with Crippen LogP contribution in [0.4, 0.5) is 0 Å². The van der Waals surface area contributed by atoms with Crippen molar-refractivity contribution in [2.24, 2.45) is 4.99 Å². The Labute approximate surface area is 84.5 Å². The van der Waals surface area contributed by atoms with Crippen molar-refractivity contribution in [1.82, 2.24) is 0 Å². The molecule has 0 bridgehead atoms. The summed E-state index contributed by atoms with van der Waals surface area (Å²) in [4.78, 5) is 4.44. The van der Waals surface area contributed by atoms with Gasteiger partial charge in [-0.05, 0) is 19.9 Å². The van der Waals surface area contributed by atoms with Gasteiger partial charge in [0.2, 0.25) is 0 Å². The summed E-state index contributed by atoms with van der Waals surface area (Å²) in [6.45, 7) is 8.09. The molecule has 1 aromatic carbocycles. The lowest BCUT2D eigenvalue weighted by Gasteiger charge is -1.98. The maximum atomic E-state index is 4.44. The maximum Gasteiger partial charge on any atom is 0.0715 e. The molecule has 0 atom stereocenters. The van der Waals surface area contributed by atoms with Gasteiger partial charge in [-0.2, -0.15) is 0 Å². The summed E-state index contributed by atoms with van der Waals surface area (Å²) < 4.78 is 0. The summed E-state index contributed by atoms with van der Waals surface area (Å²) in [5, 5.41) is 0. The Morgan fingerprint density at radius 2 is 1.86 bits per heavy atom. The number of aliphatic imine (C=N–C) groups is 1. The Balaban J connectivity index is 2.54. The molecule has 0 saturated heterocycles. The monoisotopic (exact) mass is 183 g/mol. The van der Waals surface area contributed by atoms with Crippen LogP contribution in [0.3, 0.4) is 0 Å². The van der Waals surface area contributed by atoms with E-state index in [0.717, 1.165) is 17.0 Å². The number of fused-ring (bicyclic) bond motifs is 1. The number of rotatable bonds is 1. The molecule has 1 aliphatic heterocycles. The first-order valence-electron chi connectivity index (χ1n) is 4.71. The van der Waals surface area contributed by atoms with Gasteiger partial charge in [0.25, 0.3) is 0 Å². The molecular formula is C13H13N. The fourth-order valence-electron chi connectivity index (χ4n) is 1.61. The lowest BCUT2D eigenvalue weighted by Crippen LogP contribution is -1.93. The van der Waals surface area contributed by atoms with Crippen LogP contribution in [0.5, 0.6) is 0 Å². The smallest absolute Gasteiger partial charge is 0.0715 e. The molecule has 0 N–H and O–H groups in total. The van der Waals surface area contributed by atoms with Crippen molar-refractivity contribution in [2.75, 3.05) is 0 Å². The molecule has 70 valence electrons. The minimum Gasteiger partial charge on any atom is -0.248 e. The van der Waals surface area contributed by atoms with Gasteiger partial charge >= 0.3 is 0 Å². The van der Waals surface area contributed by atoms with Crippen LogP contribution in [0.2, 0.25) is 0 Å². The molecule has 0 fully saturated rings. The van der Waals surface area contributed by atoms with Crippen LogP contribution in [0, 0.1) is 0 Å². The van der Waals surface area contributed by atoms with Crippen molar-refractivity contribution in [2.45, 2.75) is 13.8 Å². The van der Waals surface area contributed by atoms with E-state index in [4.69, 9.17) is 0 Å². The maximum absolute atomic E-state index is 4.44. The van der Waals surface area contributed by atoms with E-state index in [1.54, 1.807) is 0 Å². The van der Waals surface area contributed by atoms with E-state index in [0.29, 0.717) is 0 Å². The second-order valence-corrected chi connectivity index (χ2v) is 3.71. The van der Waals surface area contributed by atoms with Crippen LogP contribution in [-0.4, -0.2) is 5.71 Å². The van der Waals surface area contributed by atoms with Crippen LogP contribution in [0.25, 0.3) is 5.70 Å². The molecule has 1 aromatic rings. The third kappa shape index (κ3) is 1.41. The first-order chi connectivity index (χ1) is 6.68. The Kier molecular flexibility index (Phi) is 2.08. The molecule has 0 aromatic heterocycles. The number of hydrogen-bond donors (Lipinski definition) is 0. The largest absolute Gasteiger partial charge is 0.248 e. The first-order valence-corrected chi connectivity index (χ1v) is 4.71. The van der Waals surface area contributed by atoms with Gasteiger partial charge in [-0.15, -0.1) is 0 Å². The number of allylic oxidation sites excluding steroid dienone is 2. The van der Waals surface area contributed by atoms with E-state index in [9.17, 15) is 0 Å². The van der Waals surface area contributed by atoms with Crippen LogP contribution in [0.1, 0.15) is 25.0 Å². The molecule has 14 heavy (non-hydrogen) atoms. The normalized spacial score (nSPS) is 13.6. The summed E-state index contributed by atoms with van der Waals surface area (Å²) in [5.74, 6) is 0. The summed E-state index contributed by atoms with van der Waals surface area (Å²) >= 11 is 0. The molecule has 0 aliphatic carbocycles. The van der Waals surface area contributed by atoms with Gasteiger partial charge in [0.15, 0.2) is 0 Å². The number of hydrogen-bond acceptors (Lipinski definition) is 1. The highest BCUT2D eigenvalue weighted by Crippen LogP contribution is 2.27. The summed E-state index contributed by atoms with van der Waals surface area (Å²) in [5.41, 5.74) is 5.51. The van der Waals surface area contributed by atoms with Crippen molar-refractivity contribution in [1.29, 1.82) is 0 Å². The third-order valence-electron chi connectivity index (χ3n) is 2.19. The lowest BCUT2D eigenvalue weighted by atomic mass is 10.0. The molecule has 0 saturated carbocycles. The predicted molar refractivity (Wildman–Crippen MR) is 61.4 cm³/mol. The second kappa shape index (κ2) is 3.26. The summed E-state index contributed by atoms with van der Waals surface area (Å²) in [6, 6.07) is 8.20. The van der Waals surface area contributed by atoms with Gasteiger partial charge in [0.05, 0.1) is 11.4 Å². The van der Waals surface area contributed by atoms with E-state index in [-0.39, 0.29) is 0 Å². The van der Waals surface area contributed by atoms with Crippen LogP contribution in [0.15, 0.2) is 47.5 Å². The molecule has 0 amide bonds. The van der Waals surface area contributed by atoms with Crippen molar-refractivity contribution in [3.05, 3.63) is 53.6 Å². The van der Waals surface area contributed by atoms with Crippen molar-refractivity contribution in [3.63, 3.8) is 0 Å². The molecular weight excluding hydrogens is 170 g/mol. The van der Waals surface area contributed by atoms with Crippen LogP contribution >= 0.6 is 0 Å². The van der Waals surface area contributed by atoms with E-state index < -0.39 is 0 Å². The van der Waals surface area contributed by atoms with E-state index in [1.165, 1.54) is 11.1 Å². The van der Waals surface area contributed by atoms with Gasteiger partial charge in [-0.3, -0.25) is 0 Å². The standard InChI is InChI=1S/C13H13N/c1-9(2)8-13-12-7-5-4-6-11(12)10(3)14-13/h4-8H,3H2,1-2H3. The minimum absolute atomic E-state index is 0.869. The van der Waals surface area contributed by atoms with E-state index in [2.05, 4.69) is 43.6 Å². The van der Waals surface area contributed by atoms with Gasteiger partial charge < -0.3 is 0 Å². The quantitative estimate of drug-likeness (QED) is 0.632. The Morgan fingerprint density at radius 3 is 2.50 bits per heavy atom. The van der Waals surface area contributed by atoms with Crippen molar-refractivity contribution >= 4 is 11.4 Å². The highest BCUT2D eigenvalue weighted by molar-refractivity contribution is 6.17. The zero-order valence-electron chi connectivity index (χ0n) is 8.54.